The molecule has 0 saturated carbocycles. The molecule has 0 fully saturated rings. The Hall–Kier alpha value is -3.47. The molecule has 0 heterocycles. The van der Waals surface area contributed by atoms with Crippen LogP contribution in [0.5, 0.6) is 0 Å². The molecular formula is C23H20FNO3. The van der Waals surface area contributed by atoms with Crippen LogP contribution in [0.1, 0.15) is 33.2 Å². The molecule has 0 aliphatic carbocycles. The molecule has 0 aliphatic rings. The third-order valence-corrected chi connectivity index (χ3v) is 4.30. The van der Waals surface area contributed by atoms with Crippen LogP contribution in [0.15, 0.2) is 72.8 Å². The van der Waals surface area contributed by atoms with E-state index in [4.69, 9.17) is 4.74 Å². The maximum atomic E-state index is 13.1. The van der Waals surface area contributed by atoms with Crippen LogP contribution in [0, 0.1) is 19.7 Å². The molecule has 3 aromatic rings. The Balaban J connectivity index is 1.86. The summed E-state index contributed by atoms with van der Waals surface area (Å²) in [6.45, 7) is 3.81. The fourth-order valence-corrected chi connectivity index (χ4v) is 2.73. The number of anilines is 1. The summed E-state index contributed by atoms with van der Waals surface area (Å²) in [5, 5.41) is 2.84. The standard InChI is InChI=1S/C23H20FNO3/c1-15-8-9-16(2)20(14-15)25-22(26)21(17-6-4-3-5-7-17)28-23(27)18-10-12-19(24)13-11-18/h3-14,21H,1-2H3,(H,25,26)/t21-/m0/s1. The van der Waals surface area contributed by atoms with E-state index in [0.29, 0.717) is 11.3 Å². The summed E-state index contributed by atoms with van der Waals surface area (Å²) in [5.74, 6) is -1.62. The summed E-state index contributed by atoms with van der Waals surface area (Å²) < 4.78 is 18.6. The largest absolute Gasteiger partial charge is 0.444 e. The van der Waals surface area contributed by atoms with Crippen molar-refractivity contribution in [3.05, 3.63) is 101 Å². The molecule has 0 aliphatic heterocycles. The van der Waals surface area contributed by atoms with Gasteiger partial charge in [-0.05, 0) is 55.3 Å². The number of hydrogen-bond donors (Lipinski definition) is 1. The molecular weight excluding hydrogens is 357 g/mol. The first-order valence-electron chi connectivity index (χ1n) is 8.83. The van der Waals surface area contributed by atoms with Crippen LogP contribution in [0.4, 0.5) is 10.1 Å². The van der Waals surface area contributed by atoms with Crippen molar-refractivity contribution in [2.75, 3.05) is 5.32 Å². The van der Waals surface area contributed by atoms with E-state index in [-0.39, 0.29) is 5.56 Å². The number of hydrogen-bond acceptors (Lipinski definition) is 3. The van der Waals surface area contributed by atoms with Crippen molar-refractivity contribution in [1.82, 2.24) is 0 Å². The summed E-state index contributed by atoms with van der Waals surface area (Å²) >= 11 is 0. The van der Waals surface area contributed by atoms with Gasteiger partial charge in [0.15, 0.2) is 0 Å². The molecule has 0 aromatic heterocycles. The summed E-state index contributed by atoms with van der Waals surface area (Å²) in [4.78, 5) is 25.4. The molecule has 28 heavy (non-hydrogen) atoms. The summed E-state index contributed by atoms with van der Waals surface area (Å²) in [5.41, 5.74) is 3.27. The van der Waals surface area contributed by atoms with E-state index in [1.807, 2.05) is 38.1 Å². The average molecular weight is 377 g/mol. The second kappa shape index (κ2) is 8.48. The lowest BCUT2D eigenvalue weighted by Crippen LogP contribution is -2.26. The molecule has 142 valence electrons. The van der Waals surface area contributed by atoms with E-state index in [9.17, 15) is 14.0 Å². The normalized spacial score (nSPS) is 11.5. The van der Waals surface area contributed by atoms with Crippen LogP contribution in [-0.2, 0) is 9.53 Å². The summed E-state index contributed by atoms with van der Waals surface area (Å²) in [7, 11) is 0. The van der Waals surface area contributed by atoms with E-state index in [1.54, 1.807) is 24.3 Å². The summed E-state index contributed by atoms with van der Waals surface area (Å²) in [6.07, 6.45) is -1.14. The lowest BCUT2D eigenvalue weighted by molar-refractivity contribution is -0.125. The van der Waals surface area contributed by atoms with E-state index >= 15 is 0 Å². The molecule has 0 spiro atoms. The van der Waals surface area contributed by atoms with Crippen molar-refractivity contribution in [2.24, 2.45) is 0 Å². The molecule has 5 heteroatoms. The van der Waals surface area contributed by atoms with Gasteiger partial charge in [0.25, 0.3) is 5.91 Å². The first-order valence-corrected chi connectivity index (χ1v) is 8.83. The molecule has 1 amide bonds. The molecule has 3 rings (SSSR count). The number of halogens is 1. The molecule has 1 atom stereocenters. The number of rotatable bonds is 5. The topological polar surface area (TPSA) is 55.4 Å². The number of nitrogens with one attached hydrogen (secondary N) is 1. The fraction of sp³-hybridized carbons (Fsp3) is 0.130. The monoisotopic (exact) mass is 377 g/mol. The van der Waals surface area contributed by atoms with Crippen molar-refractivity contribution in [2.45, 2.75) is 20.0 Å². The first-order chi connectivity index (χ1) is 13.4. The molecule has 3 aromatic carbocycles. The Morgan fingerprint density at radius 1 is 0.929 bits per heavy atom. The minimum atomic E-state index is -1.14. The van der Waals surface area contributed by atoms with Crippen molar-refractivity contribution < 1.29 is 18.7 Å². The molecule has 1 N–H and O–H groups in total. The Kier molecular flexibility index (Phi) is 5.84. The Morgan fingerprint density at radius 3 is 2.29 bits per heavy atom. The van der Waals surface area contributed by atoms with Gasteiger partial charge >= 0.3 is 5.97 Å². The van der Waals surface area contributed by atoms with Crippen molar-refractivity contribution >= 4 is 17.6 Å². The van der Waals surface area contributed by atoms with Crippen LogP contribution in [0.3, 0.4) is 0 Å². The second-order valence-corrected chi connectivity index (χ2v) is 6.51. The van der Waals surface area contributed by atoms with Gasteiger partial charge in [-0.15, -0.1) is 0 Å². The van der Waals surface area contributed by atoms with Crippen molar-refractivity contribution in [3.63, 3.8) is 0 Å². The van der Waals surface area contributed by atoms with Gasteiger partial charge in [0.05, 0.1) is 5.56 Å². The fourth-order valence-electron chi connectivity index (χ4n) is 2.73. The van der Waals surface area contributed by atoms with Crippen LogP contribution in [0.2, 0.25) is 0 Å². The zero-order valence-corrected chi connectivity index (χ0v) is 15.6. The number of esters is 1. The molecule has 0 radical (unpaired) electrons. The lowest BCUT2D eigenvalue weighted by Gasteiger charge is -2.19. The Labute approximate surface area is 163 Å². The van der Waals surface area contributed by atoms with Gasteiger partial charge in [-0.1, -0.05) is 42.5 Å². The maximum Gasteiger partial charge on any atom is 0.339 e. The zero-order chi connectivity index (χ0) is 20.1. The number of ether oxygens (including phenoxy) is 1. The highest BCUT2D eigenvalue weighted by Gasteiger charge is 2.26. The smallest absolute Gasteiger partial charge is 0.339 e. The van der Waals surface area contributed by atoms with Gasteiger partial charge in [-0.2, -0.15) is 0 Å². The van der Waals surface area contributed by atoms with Crippen molar-refractivity contribution in [3.8, 4) is 0 Å². The quantitative estimate of drug-likeness (QED) is 0.638. The third kappa shape index (κ3) is 4.62. The van der Waals surface area contributed by atoms with Crippen LogP contribution < -0.4 is 5.32 Å². The lowest BCUT2D eigenvalue weighted by atomic mass is 10.1. The summed E-state index contributed by atoms with van der Waals surface area (Å²) in [6, 6.07) is 19.5. The molecule has 0 unspecified atom stereocenters. The number of benzene rings is 3. The number of carbonyl (C=O) groups excluding carboxylic acids is 2. The maximum absolute atomic E-state index is 13.1. The number of aryl methyl sites for hydroxylation is 2. The van der Waals surface area contributed by atoms with Gasteiger partial charge in [0.2, 0.25) is 6.10 Å². The van der Waals surface area contributed by atoms with E-state index in [1.165, 1.54) is 24.3 Å². The average Bonchev–Trinajstić information content (AvgIpc) is 2.70. The van der Waals surface area contributed by atoms with Gasteiger partial charge in [0.1, 0.15) is 5.82 Å². The van der Waals surface area contributed by atoms with E-state index in [0.717, 1.165) is 11.1 Å². The SMILES string of the molecule is Cc1ccc(C)c(NC(=O)[C@@H](OC(=O)c2ccc(F)cc2)c2ccccc2)c1. The highest BCUT2D eigenvalue weighted by atomic mass is 19.1. The minimum Gasteiger partial charge on any atom is -0.444 e. The number of amides is 1. The number of carbonyl (C=O) groups is 2. The van der Waals surface area contributed by atoms with Gasteiger partial charge in [-0.25, -0.2) is 9.18 Å². The van der Waals surface area contributed by atoms with Crippen LogP contribution in [0.25, 0.3) is 0 Å². The predicted octanol–water partition coefficient (Wildman–Crippen LogP) is 4.98. The second-order valence-electron chi connectivity index (χ2n) is 6.51. The highest BCUT2D eigenvalue weighted by Crippen LogP contribution is 2.24. The van der Waals surface area contributed by atoms with Crippen LogP contribution in [-0.4, -0.2) is 11.9 Å². The van der Waals surface area contributed by atoms with Crippen LogP contribution >= 0.6 is 0 Å². The van der Waals surface area contributed by atoms with E-state index < -0.39 is 23.8 Å². The highest BCUT2D eigenvalue weighted by molar-refractivity contribution is 5.98. The Bertz CT molecular complexity index is 984. The van der Waals surface area contributed by atoms with Gasteiger partial charge in [-0.3, -0.25) is 4.79 Å². The molecule has 4 nitrogen and oxygen atoms in total. The van der Waals surface area contributed by atoms with E-state index in [2.05, 4.69) is 5.32 Å². The van der Waals surface area contributed by atoms with Gasteiger partial charge < -0.3 is 10.1 Å². The Morgan fingerprint density at radius 2 is 1.61 bits per heavy atom. The third-order valence-electron chi connectivity index (χ3n) is 4.30. The first kappa shape index (κ1) is 19.3. The molecule has 0 saturated heterocycles. The van der Waals surface area contributed by atoms with Gasteiger partial charge in [0, 0.05) is 11.3 Å². The zero-order valence-electron chi connectivity index (χ0n) is 15.6. The predicted molar refractivity (Wildman–Crippen MR) is 106 cm³/mol. The van der Waals surface area contributed by atoms with Crippen molar-refractivity contribution in [1.29, 1.82) is 0 Å². The molecule has 0 bridgehead atoms. The minimum absolute atomic E-state index is 0.168.